The summed E-state index contributed by atoms with van der Waals surface area (Å²) >= 11 is 19.3. The molecule has 0 heterocycles. The zero-order valence-electron chi connectivity index (χ0n) is 8.86. The van der Waals surface area contributed by atoms with Gasteiger partial charge < -0.3 is 9.47 Å². The molecule has 1 fully saturated rings. The lowest BCUT2D eigenvalue weighted by molar-refractivity contribution is -0.217. The molecule has 0 spiro atoms. The standard InChI is InChI=1S/C10H13Cl3O2/c1-6-7(11)9(13)5-4-8(6,12)10(9,14-2)15-3/h4-5H2,1-3H3. The zero-order valence-corrected chi connectivity index (χ0v) is 11.1. The number of hydrogen-bond donors (Lipinski definition) is 0. The number of hydrogen-bond acceptors (Lipinski definition) is 2. The zero-order chi connectivity index (χ0) is 11.5. The van der Waals surface area contributed by atoms with E-state index in [1.165, 1.54) is 0 Å². The number of rotatable bonds is 2. The van der Waals surface area contributed by atoms with Gasteiger partial charge in [0, 0.05) is 19.3 Å². The maximum atomic E-state index is 6.58. The largest absolute Gasteiger partial charge is 0.350 e. The second-order valence-corrected chi connectivity index (χ2v) is 5.73. The van der Waals surface area contributed by atoms with Gasteiger partial charge in [-0.2, -0.15) is 0 Å². The molecule has 15 heavy (non-hydrogen) atoms. The molecular formula is C10H13Cl3O2. The average Bonchev–Trinajstić information content (AvgIpc) is 2.53. The summed E-state index contributed by atoms with van der Waals surface area (Å²) in [6, 6.07) is 0. The topological polar surface area (TPSA) is 18.5 Å². The number of fused-ring (bicyclic) bond motifs is 2. The Kier molecular flexibility index (Phi) is 2.61. The Bertz CT molecular complexity index is 310. The van der Waals surface area contributed by atoms with E-state index in [9.17, 15) is 0 Å². The second-order valence-electron chi connectivity index (χ2n) is 4.07. The lowest BCUT2D eigenvalue weighted by atomic mass is 9.97. The Balaban J connectivity index is 2.65. The monoisotopic (exact) mass is 270 g/mol. The number of methoxy groups -OCH3 is 2. The molecule has 0 amide bonds. The molecule has 2 aliphatic carbocycles. The molecule has 5 heteroatoms. The third-order valence-electron chi connectivity index (χ3n) is 3.70. The van der Waals surface area contributed by atoms with Gasteiger partial charge in [0.15, 0.2) is 0 Å². The molecule has 1 saturated carbocycles. The van der Waals surface area contributed by atoms with Crippen LogP contribution in [0.3, 0.4) is 0 Å². The molecule has 2 aliphatic rings. The molecule has 2 nitrogen and oxygen atoms in total. The van der Waals surface area contributed by atoms with Crippen LogP contribution < -0.4 is 0 Å². The Morgan fingerprint density at radius 2 is 1.53 bits per heavy atom. The van der Waals surface area contributed by atoms with E-state index in [2.05, 4.69) is 0 Å². The summed E-state index contributed by atoms with van der Waals surface area (Å²) in [6.45, 7) is 1.88. The molecular weight excluding hydrogens is 258 g/mol. The summed E-state index contributed by atoms with van der Waals surface area (Å²) < 4.78 is 10.9. The minimum absolute atomic E-state index is 0.564. The van der Waals surface area contributed by atoms with Crippen LogP contribution >= 0.6 is 34.8 Å². The van der Waals surface area contributed by atoms with Crippen molar-refractivity contribution in [2.45, 2.75) is 35.3 Å². The van der Waals surface area contributed by atoms with Gasteiger partial charge in [0.1, 0.15) is 9.75 Å². The number of halogens is 3. The molecule has 0 radical (unpaired) electrons. The van der Waals surface area contributed by atoms with E-state index in [0.717, 1.165) is 5.57 Å². The van der Waals surface area contributed by atoms with Crippen molar-refractivity contribution in [3.05, 3.63) is 10.6 Å². The fourth-order valence-corrected chi connectivity index (χ4v) is 4.41. The maximum Gasteiger partial charge on any atom is 0.215 e. The highest BCUT2D eigenvalue weighted by Gasteiger charge is 2.76. The maximum absolute atomic E-state index is 6.58. The summed E-state index contributed by atoms with van der Waals surface area (Å²) in [5, 5.41) is 0.564. The van der Waals surface area contributed by atoms with Crippen LogP contribution in [0.25, 0.3) is 0 Å². The Labute approximate surface area is 104 Å². The first kappa shape index (κ1) is 12.0. The first-order valence-electron chi connectivity index (χ1n) is 4.75. The smallest absolute Gasteiger partial charge is 0.215 e. The van der Waals surface area contributed by atoms with Crippen molar-refractivity contribution in [1.29, 1.82) is 0 Å². The third kappa shape index (κ3) is 1.01. The van der Waals surface area contributed by atoms with E-state index < -0.39 is 15.5 Å². The van der Waals surface area contributed by atoms with Crippen molar-refractivity contribution in [1.82, 2.24) is 0 Å². The molecule has 2 unspecified atom stereocenters. The number of alkyl halides is 2. The van der Waals surface area contributed by atoms with Crippen LogP contribution in [-0.4, -0.2) is 29.8 Å². The van der Waals surface area contributed by atoms with E-state index in [0.29, 0.717) is 17.9 Å². The minimum atomic E-state index is -1.05. The predicted molar refractivity (Wildman–Crippen MR) is 61.7 cm³/mol. The van der Waals surface area contributed by atoms with E-state index >= 15 is 0 Å². The minimum Gasteiger partial charge on any atom is -0.350 e. The SMILES string of the molecule is COC1(OC)C2(Cl)CCC1(Cl)C(Cl)=C2C. The molecule has 0 aromatic rings. The Morgan fingerprint density at radius 1 is 1.07 bits per heavy atom. The first-order chi connectivity index (χ1) is 6.89. The van der Waals surface area contributed by atoms with Crippen molar-refractivity contribution in [3.8, 4) is 0 Å². The van der Waals surface area contributed by atoms with Crippen molar-refractivity contribution in [2.24, 2.45) is 0 Å². The molecule has 0 saturated heterocycles. The van der Waals surface area contributed by atoms with Crippen LogP contribution in [0.5, 0.6) is 0 Å². The molecule has 0 N–H and O–H groups in total. The molecule has 0 aromatic heterocycles. The molecule has 0 aliphatic heterocycles. The van der Waals surface area contributed by atoms with Crippen molar-refractivity contribution in [3.63, 3.8) is 0 Å². The highest BCUT2D eigenvalue weighted by Crippen LogP contribution is 2.68. The summed E-state index contributed by atoms with van der Waals surface area (Å²) in [5.41, 5.74) is 0.857. The summed E-state index contributed by atoms with van der Waals surface area (Å²) in [6.07, 6.45) is 1.37. The fraction of sp³-hybridized carbons (Fsp3) is 0.800. The Hall–Kier alpha value is 0.530. The quantitative estimate of drug-likeness (QED) is 0.567. The first-order valence-corrected chi connectivity index (χ1v) is 5.88. The van der Waals surface area contributed by atoms with Crippen LogP contribution in [0.2, 0.25) is 0 Å². The van der Waals surface area contributed by atoms with Gasteiger partial charge in [0.2, 0.25) is 5.79 Å². The lowest BCUT2D eigenvalue weighted by Crippen LogP contribution is -2.55. The van der Waals surface area contributed by atoms with Gasteiger partial charge in [-0.1, -0.05) is 11.6 Å². The lowest BCUT2D eigenvalue weighted by Gasteiger charge is -2.40. The van der Waals surface area contributed by atoms with Gasteiger partial charge in [-0.25, -0.2) is 0 Å². The van der Waals surface area contributed by atoms with Crippen LogP contribution in [0.15, 0.2) is 10.6 Å². The summed E-state index contributed by atoms with van der Waals surface area (Å²) in [7, 11) is 3.09. The molecule has 0 aromatic carbocycles. The van der Waals surface area contributed by atoms with Crippen LogP contribution in [0.4, 0.5) is 0 Å². The van der Waals surface area contributed by atoms with E-state index in [1.807, 2.05) is 6.92 Å². The van der Waals surface area contributed by atoms with E-state index in [1.54, 1.807) is 14.2 Å². The Morgan fingerprint density at radius 3 is 1.80 bits per heavy atom. The van der Waals surface area contributed by atoms with Gasteiger partial charge in [-0.15, -0.1) is 23.2 Å². The highest BCUT2D eigenvalue weighted by atomic mass is 35.5. The van der Waals surface area contributed by atoms with Gasteiger partial charge in [0.25, 0.3) is 0 Å². The summed E-state index contributed by atoms with van der Waals surface area (Å²) in [5.74, 6) is -1.05. The van der Waals surface area contributed by atoms with Gasteiger partial charge in [-0.3, -0.25) is 0 Å². The van der Waals surface area contributed by atoms with Gasteiger partial charge in [-0.05, 0) is 25.3 Å². The average molecular weight is 272 g/mol. The normalized spacial score (nSPS) is 42.8. The number of ether oxygens (including phenoxy) is 2. The second kappa shape index (κ2) is 3.27. The molecule has 2 rings (SSSR count). The van der Waals surface area contributed by atoms with Gasteiger partial charge in [0.05, 0.1) is 0 Å². The van der Waals surface area contributed by atoms with Crippen molar-refractivity contribution >= 4 is 34.8 Å². The summed E-state index contributed by atoms with van der Waals surface area (Å²) in [4.78, 5) is -1.58. The molecule has 86 valence electrons. The fourth-order valence-electron chi connectivity index (χ4n) is 2.88. The van der Waals surface area contributed by atoms with Crippen molar-refractivity contribution in [2.75, 3.05) is 14.2 Å². The van der Waals surface area contributed by atoms with Crippen LogP contribution in [0.1, 0.15) is 19.8 Å². The third-order valence-corrected chi connectivity index (χ3v) is 5.75. The van der Waals surface area contributed by atoms with Crippen LogP contribution in [-0.2, 0) is 9.47 Å². The van der Waals surface area contributed by atoms with Gasteiger partial charge >= 0.3 is 0 Å². The van der Waals surface area contributed by atoms with Crippen molar-refractivity contribution < 1.29 is 9.47 Å². The predicted octanol–water partition coefficient (Wildman–Crippen LogP) is 3.25. The highest BCUT2D eigenvalue weighted by molar-refractivity contribution is 6.44. The van der Waals surface area contributed by atoms with Crippen LogP contribution in [0, 0.1) is 0 Å². The molecule has 2 atom stereocenters. The van der Waals surface area contributed by atoms with E-state index in [4.69, 9.17) is 44.3 Å². The van der Waals surface area contributed by atoms with E-state index in [-0.39, 0.29) is 0 Å². The molecule has 2 bridgehead atoms.